The number of hydrogen-bond acceptors (Lipinski definition) is 8. The molecule has 1 atom stereocenters. The third kappa shape index (κ3) is 4.03. The second kappa shape index (κ2) is 8.80. The maximum atomic E-state index is 11.2. The summed E-state index contributed by atoms with van der Waals surface area (Å²) in [7, 11) is 0. The number of nitro benzene ring substituents is 1. The minimum absolute atomic E-state index is 0.0471. The largest absolute Gasteiger partial charge is 0.492 e. The van der Waals surface area contributed by atoms with Crippen molar-refractivity contribution in [2.45, 2.75) is 19.4 Å². The summed E-state index contributed by atoms with van der Waals surface area (Å²) in [5.74, 6) is 0.766. The molecule has 5 rings (SSSR count). The summed E-state index contributed by atoms with van der Waals surface area (Å²) in [6, 6.07) is 16.7. The standard InChI is InChI=1S/C23H24N6O3S/c1-2-19-24-23-28(25-19)22(30)21(33-23)20(16-8-10-18(11-9-16)29(31)32)27-14-12-26(13-15-27)17-6-4-3-5-7-17/h3-11,20,30H,2,12-15H2,1H3/t20-/m0/s1. The topological polar surface area (TPSA) is 100 Å². The average molecular weight is 465 g/mol. The van der Waals surface area contributed by atoms with E-state index in [2.05, 4.69) is 32.0 Å². The van der Waals surface area contributed by atoms with Crippen molar-refractivity contribution in [3.8, 4) is 5.88 Å². The summed E-state index contributed by atoms with van der Waals surface area (Å²) >= 11 is 1.41. The van der Waals surface area contributed by atoms with Crippen LogP contribution in [0, 0.1) is 10.1 Å². The minimum atomic E-state index is -0.399. The van der Waals surface area contributed by atoms with Gasteiger partial charge < -0.3 is 10.0 Å². The summed E-state index contributed by atoms with van der Waals surface area (Å²) in [6.45, 7) is 5.22. The van der Waals surface area contributed by atoms with Crippen molar-refractivity contribution < 1.29 is 10.0 Å². The highest BCUT2D eigenvalue weighted by molar-refractivity contribution is 7.17. The number of anilines is 1. The molecule has 2 aromatic heterocycles. The lowest BCUT2D eigenvalue weighted by Crippen LogP contribution is -2.47. The normalized spacial score (nSPS) is 15.7. The number of fused-ring (bicyclic) bond motifs is 1. The van der Waals surface area contributed by atoms with Crippen molar-refractivity contribution in [2.24, 2.45) is 0 Å². The second-order valence-electron chi connectivity index (χ2n) is 7.98. The van der Waals surface area contributed by atoms with Crippen LogP contribution in [0.15, 0.2) is 54.6 Å². The molecule has 1 saturated heterocycles. The molecule has 170 valence electrons. The predicted octanol–water partition coefficient (Wildman–Crippen LogP) is 3.88. The number of aryl methyl sites for hydroxylation is 1. The lowest BCUT2D eigenvalue weighted by Gasteiger charge is -2.40. The van der Waals surface area contributed by atoms with Crippen LogP contribution in [0.3, 0.4) is 0 Å². The highest BCUT2D eigenvalue weighted by Crippen LogP contribution is 2.40. The number of aromatic nitrogens is 3. The quantitative estimate of drug-likeness (QED) is 0.341. The lowest BCUT2D eigenvalue weighted by molar-refractivity contribution is -0.384. The Kier molecular flexibility index (Phi) is 5.69. The van der Waals surface area contributed by atoms with Gasteiger partial charge in [-0.1, -0.05) is 48.6 Å². The van der Waals surface area contributed by atoms with Gasteiger partial charge in [-0.2, -0.15) is 4.52 Å². The Labute approximate surface area is 194 Å². The van der Waals surface area contributed by atoms with E-state index >= 15 is 0 Å². The van der Waals surface area contributed by atoms with Crippen molar-refractivity contribution >= 4 is 27.7 Å². The van der Waals surface area contributed by atoms with Crippen LogP contribution < -0.4 is 4.90 Å². The van der Waals surface area contributed by atoms with Crippen molar-refractivity contribution in [2.75, 3.05) is 31.1 Å². The monoisotopic (exact) mass is 464 g/mol. The van der Waals surface area contributed by atoms with Crippen LogP contribution in [-0.4, -0.2) is 55.7 Å². The Morgan fingerprint density at radius 3 is 2.39 bits per heavy atom. The van der Waals surface area contributed by atoms with E-state index in [1.54, 1.807) is 12.1 Å². The first-order chi connectivity index (χ1) is 16.0. The van der Waals surface area contributed by atoms with Gasteiger partial charge in [0, 0.05) is 50.4 Å². The van der Waals surface area contributed by atoms with Gasteiger partial charge in [0.25, 0.3) is 5.69 Å². The number of nitrogens with zero attached hydrogens (tertiary/aromatic N) is 6. The number of nitro groups is 1. The molecule has 0 amide bonds. The van der Waals surface area contributed by atoms with E-state index in [0.717, 1.165) is 36.6 Å². The van der Waals surface area contributed by atoms with Gasteiger partial charge in [0.05, 0.1) is 15.8 Å². The predicted molar refractivity (Wildman–Crippen MR) is 127 cm³/mol. The number of thiazole rings is 1. The molecule has 1 N–H and O–H groups in total. The first kappa shape index (κ1) is 21.4. The van der Waals surface area contributed by atoms with E-state index in [-0.39, 0.29) is 17.6 Å². The molecular formula is C23H24N6O3S. The van der Waals surface area contributed by atoms with Crippen LogP contribution in [0.1, 0.15) is 29.2 Å². The van der Waals surface area contributed by atoms with Crippen molar-refractivity contribution in [3.05, 3.63) is 81.0 Å². The Morgan fingerprint density at radius 1 is 1.09 bits per heavy atom. The fourth-order valence-corrected chi connectivity index (χ4v) is 5.44. The average Bonchev–Trinajstić information content (AvgIpc) is 3.39. The summed E-state index contributed by atoms with van der Waals surface area (Å²) < 4.78 is 1.50. The molecule has 0 bridgehead atoms. The number of benzene rings is 2. The SMILES string of the molecule is CCc1nc2sc([C@H](c3ccc([N+](=O)[O-])cc3)N3CCN(c4ccccc4)CC3)c(O)n2n1. The molecule has 3 heterocycles. The molecule has 0 unspecified atom stereocenters. The third-order valence-corrected chi connectivity index (χ3v) is 7.10. The Hall–Kier alpha value is -3.50. The van der Waals surface area contributed by atoms with Gasteiger partial charge in [0.15, 0.2) is 5.82 Å². The molecule has 10 heteroatoms. The number of piperazine rings is 1. The molecule has 0 saturated carbocycles. The van der Waals surface area contributed by atoms with Gasteiger partial charge in [0.2, 0.25) is 10.8 Å². The smallest absolute Gasteiger partial charge is 0.269 e. The number of non-ortho nitro benzene ring substituents is 1. The summed E-state index contributed by atoms with van der Waals surface area (Å²) in [5, 5.41) is 26.6. The number of para-hydroxylation sites is 1. The first-order valence-electron chi connectivity index (χ1n) is 10.9. The van der Waals surface area contributed by atoms with E-state index in [4.69, 9.17) is 0 Å². The molecule has 0 radical (unpaired) electrons. The van der Waals surface area contributed by atoms with Crippen LogP contribution in [0.25, 0.3) is 4.96 Å². The molecule has 9 nitrogen and oxygen atoms in total. The third-order valence-electron chi connectivity index (χ3n) is 6.03. The molecule has 2 aromatic carbocycles. The van der Waals surface area contributed by atoms with Gasteiger partial charge in [-0.3, -0.25) is 15.0 Å². The number of hydrogen-bond donors (Lipinski definition) is 1. The van der Waals surface area contributed by atoms with Crippen LogP contribution in [0.4, 0.5) is 11.4 Å². The number of rotatable bonds is 6. The molecule has 4 aromatic rings. The van der Waals surface area contributed by atoms with Gasteiger partial charge >= 0.3 is 0 Å². The summed E-state index contributed by atoms with van der Waals surface area (Å²) in [5.41, 5.74) is 2.13. The van der Waals surface area contributed by atoms with E-state index < -0.39 is 4.92 Å². The Balaban J connectivity index is 1.49. The molecule has 0 spiro atoms. The Bertz CT molecular complexity index is 1260. The van der Waals surface area contributed by atoms with E-state index in [1.165, 1.54) is 33.7 Å². The fourth-order valence-electron chi connectivity index (χ4n) is 4.30. The van der Waals surface area contributed by atoms with Crippen LogP contribution in [-0.2, 0) is 6.42 Å². The fraction of sp³-hybridized carbons (Fsp3) is 0.304. The van der Waals surface area contributed by atoms with Gasteiger partial charge in [-0.25, -0.2) is 4.98 Å². The van der Waals surface area contributed by atoms with Crippen molar-refractivity contribution in [1.82, 2.24) is 19.5 Å². The first-order valence-corrected chi connectivity index (χ1v) is 11.7. The second-order valence-corrected chi connectivity index (χ2v) is 8.98. The summed E-state index contributed by atoms with van der Waals surface area (Å²) in [4.78, 5) is 21.3. The van der Waals surface area contributed by atoms with Crippen LogP contribution in [0.2, 0.25) is 0 Å². The molecule has 0 aliphatic carbocycles. The van der Waals surface area contributed by atoms with Crippen molar-refractivity contribution in [3.63, 3.8) is 0 Å². The van der Waals surface area contributed by atoms with Crippen LogP contribution in [0.5, 0.6) is 5.88 Å². The molecule has 1 aliphatic rings. The highest BCUT2D eigenvalue weighted by atomic mass is 32.1. The minimum Gasteiger partial charge on any atom is -0.492 e. The molecular weight excluding hydrogens is 440 g/mol. The zero-order valence-corrected chi connectivity index (χ0v) is 19.0. The van der Waals surface area contributed by atoms with Crippen LogP contribution >= 0.6 is 11.3 Å². The highest BCUT2D eigenvalue weighted by Gasteiger charge is 2.32. The Morgan fingerprint density at radius 2 is 1.79 bits per heavy atom. The lowest BCUT2D eigenvalue weighted by atomic mass is 10.0. The van der Waals surface area contributed by atoms with E-state index in [1.807, 2.05) is 25.1 Å². The summed E-state index contributed by atoms with van der Waals surface area (Å²) in [6.07, 6.45) is 0.691. The number of aromatic hydroxyl groups is 1. The molecule has 33 heavy (non-hydrogen) atoms. The maximum Gasteiger partial charge on any atom is 0.269 e. The molecule has 1 aliphatic heterocycles. The van der Waals surface area contributed by atoms with Crippen molar-refractivity contribution in [1.29, 1.82) is 0 Å². The van der Waals surface area contributed by atoms with E-state index in [0.29, 0.717) is 17.2 Å². The van der Waals surface area contributed by atoms with E-state index in [9.17, 15) is 15.2 Å². The molecule has 1 fully saturated rings. The maximum absolute atomic E-state index is 11.2. The van der Waals surface area contributed by atoms with Gasteiger partial charge in [0.1, 0.15) is 0 Å². The van der Waals surface area contributed by atoms with Gasteiger partial charge in [-0.15, -0.1) is 5.10 Å². The zero-order chi connectivity index (χ0) is 22.9. The van der Waals surface area contributed by atoms with Gasteiger partial charge in [-0.05, 0) is 17.7 Å². The zero-order valence-electron chi connectivity index (χ0n) is 18.2.